The average Bonchev–Trinajstić information content (AvgIpc) is 2.86. The Labute approximate surface area is 132 Å². The van der Waals surface area contributed by atoms with E-state index in [2.05, 4.69) is 10.3 Å². The molecule has 0 radical (unpaired) electrons. The second kappa shape index (κ2) is 4.97. The van der Waals surface area contributed by atoms with E-state index in [4.69, 9.17) is 11.6 Å². The summed E-state index contributed by atoms with van der Waals surface area (Å²) in [5, 5.41) is 5.41. The van der Waals surface area contributed by atoms with Crippen LogP contribution in [0.15, 0.2) is 65.7 Å². The highest BCUT2D eigenvalue weighted by Crippen LogP contribution is 2.33. The van der Waals surface area contributed by atoms with E-state index in [-0.39, 0.29) is 5.91 Å². The van der Waals surface area contributed by atoms with E-state index in [0.29, 0.717) is 16.4 Å². The van der Waals surface area contributed by atoms with Gasteiger partial charge in [0.05, 0.1) is 16.4 Å². The van der Waals surface area contributed by atoms with Crippen LogP contribution in [0.2, 0.25) is 5.02 Å². The van der Waals surface area contributed by atoms with Crippen molar-refractivity contribution < 1.29 is 4.79 Å². The van der Waals surface area contributed by atoms with Crippen molar-refractivity contribution >= 4 is 45.4 Å². The van der Waals surface area contributed by atoms with Gasteiger partial charge in [0.15, 0.2) is 0 Å². The zero-order valence-electron chi connectivity index (χ0n) is 11.5. The number of hydrogen-bond acceptors (Lipinski definition) is 2. The van der Waals surface area contributed by atoms with Gasteiger partial charge in [0.2, 0.25) is 0 Å². The van der Waals surface area contributed by atoms with Gasteiger partial charge < -0.3 is 5.32 Å². The van der Waals surface area contributed by atoms with E-state index >= 15 is 0 Å². The van der Waals surface area contributed by atoms with Crippen LogP contribution in [-0.2, 0) is 4.79 Å². The van der Waals surface area contributed by atoms with Crippen molar-refractivity contribution in [2.75, 3.05) is 5.32 Å². The number of fused-ring (bicyclic) bond motifs is 2. The molecule has 0 aliphatic carbocycles. The Kier molecular flexibility index (Phi) is 2.94. The Hall–Kier alpha value is -2.65. The lowest BCUT2D eigenvalue weighted by molar-refractivity contribution is -0.110. The monoisotopic (exact) mass is 306 g/mol. The number of carbonyl (C=O) groups excluding carboxylic acids is 1. The van der Waals surface area contributed by atoms with E-state index in [9.17, 15) is 4.79 Å². The molecule has 106 valence electrons. The van der Waals surface area contributed by atoms with Crippen molar-refractivity contribution in [3.8, 4) is 0 Å². The summed E-state index contributed by atoms with van der Waals surface area (Å²) in [4.78, 5) is 16.8. The third-order valence-electron chi connectivity index (χ3n) is 3.72. The Morgan fingerprint density at radius 3 is 2.59 bits per heavy atom. The van der Waals surface area contributed by atoms with Gasteiger partial charge in [-0.1, -0.05) is 60.1 Å². The Bertz CT molecular complexity index is 941. The van der Waals surface area contributed by atoms with Crippen molar-refractivity contribution in [1.29, 1.82) is 0 Å². The molecule has 0 saturated heterocycles. The van der Waals surface area contributed by atoms with Crippen molar-refractivity contribution in [1.82, 2.24) is 0 Å². The first-order valence-electron chi connectivity index (χ1n) is 6.91. The van der Waals surface area contributed by atoms with Gasteiger partial charge in [-0.25, -0.2) is 4.99 Å². The molecule has 3 nitrogen and oxygen atoms in total. The third kappa shape index (κ3) is 1.98. The number of benzene rings is 3. The minimum atomic E-state index is -0.226. The normalized spacial score (nSPS) is 15.1. The van der Waals surface area contributed by atoms with Gasteiger partial charge in [-0.2, -0.15) is 0 Å². The molecule has 0 bridgehead atoms. The summed E-state index contributed by atoms with van der Waals surface area (Å²) in [5.74, 6) is -0.226. The molecule has 0 aromatic heterocycles. The highest BCUT2D eigenvalue weighted by molar-refractivity contribution is 6.55. The Balaban J connectivity index is 1.94. The van der Waals surface area contributed by atoms with Crippen molar-refractivity contribution in [3.63, 3.8) is 0 Å². The molecular formula is C18H11ClN2O. The summed E-state index contributed by atoms with van der Waals surface area (Å²) in [6.45, 7) is 0. The zero-order valence-corrected chi connectivity index (χ0v) is 12.3. The first-order chi connectivity index (χ1) is 10.7. The standard InChI is InChI=1S/C18H11ClN2O/c19-14-9-4-8-13-16(14)21-18(22)17(13)20-15-10-3-6-11-5-1-2-7-12(11)15/h1-10H,(H,20,21,22). The number of nitrogens with one attached hydrogen (secondary N) is 1. The van der Waals surface area contributed by atoms with E-state index < -0.39 is 0 Å². The minimum Gasteiger partial charge on any atom is -0.319 e. The van der Waals surface area contributed by atoms with Gasteiger partial charge in [0, 0.05) is 10.9 Å². The van der Waals surface area contributed by atoms with E-state index in [0.717, 1.165) is 22.0 Å². The molecule has 1 amide bonds. The number of rotatable bonds is 1. The average molecular weight is 307 g/mol. The first-order valence-corrected chi connectivity index (χ1v) is 7.28. The second-order valence-electron chi connectivity index (χ2n) is 5.08. The predicted molar refractivity (Wildman–Crippen MR) is 90.2 cm³/mol. The second-order valence-corrected chi connectivity index (χ2v) is 5.48. The summed E-state index contributed by atoms with van der Waals surface area (Å²) < 4.78 is 0. The number of amides is 1. The van der Waals surface area contributed by atoms with E-state index in [1.807, 2.05) is 54.6 Å². The number of para-hydroxylation sites is 1. The Morgan fingerprint density at radius 1 is 0.909 bits per heavy atom. The fourth-order valence-corrected chi connectivity index (χ4v) is 2.90. The summed E-state index contributed by atoms with van der Waals surface area (Å²) in [5.41, 5.74) is 2.54. The lowest BCUT2D eigenvalue weighted by Crippen LogP contribution is -2.13. The van der Waals surface area contributed by atoms with Crippen LogP contribution in [0.3, 0.4) is 0 Å². The molecule has 4 heteroatoms. The molecule has 0 unspecified atom stereocenters. The molecule has 0 saturated carbocycles. The smallest absolute Gasteiger partial charge is 0.275 e. The summed E-state index contributed by atoms with van der Waals surface area (Å²) in [6.07, 6.45) is 0. The van der Waals surface area contributed by atoms with E-state index in [1.54, 1.807) is 6.07 Å². The van der Waals surface area contributed by atoms with Gasteiger partial charge in [0.25, 0.3) is 5.91 Å². The molecular weight excluding hydrogens is 296 g/mol. The maximum absolute atomic E-state index is 12.2. The lowest BCUT2D eigenvalue weighted by Gasteiger charge is -2.03. The number of hydrogen-bond donors (Lipinski definition) is 1. The molecule has 1 aliphatic heterocycles. The van der Waals surface area contributed by atoms with Crippen LogP contribution in [0, 0.1) is 0 Å². The number of nitrogens with zero attached hydrogens (tertiary/aromatic N) is 1. The van der Waals surface area contributed by atoms with Gasteiger partial charge in [-0.15, -0.1) is 0 Å². The SMILES string of the molecule is O=C1Nc2c(Cl)cccc2C1=Nc1cccc2ccccc12. The van der Waals surface area contributed by atoms with Crippen molar-refractivity contribution in [3.05, 3.63) is 71.2 Å². The van der Waals surface area contributed by atoms with Gasteiger partial charge in [-0.05, 0) is 17.5 Å². The number of halogens is 1. The first kappa shape index (κ1) is 13.0. The van der Waals surface area contributed by atoms with Gasteiger partial charge in [0.1, 0.15) is 5.71 Å². The van der Waals surface area contributed by atoms with Crippen molar-refractivity contribution in [2.45, 2.75) is 0 Å². The molecule has 4 rings (SSSR count). The quantitative estimate of drug-likeness (QED) is 0.703. The van der Waals surface area contributed by atoms with Crippen LogP contribution in [0.4, 0.5) is 11.4 Å². The Morgan fingerprint density at radius 2 is 1.68 bits per heavy atom. The molecule has 1 aliphatic rings. The predicted octanol–water partition coefficient (Wildman–Crippen LogP) is 4.57. The van der Waals surface area contributed by atoms with Gasteiger partial charge >= 0.3 is 0 Å². The molecule has 0 atom stereocenters. The highest BCUT2D eigenvalue weighted by Gasteiger charge is 2.27. The maximum atomic E-state index is 12.2. The fourth-order valence-electron chi connectivity index (χ4n) is 2.68. The van der Waals surface area contributed by atoms with Crippen molar-refractivity contribution in [2.24, 2.45) is 4.99 Å². The number of aliphatic imine (C=N–C) groups is 1. The van der Waals surface area contributed by atoms with Crippen LogP contribution < -0.4 is 5.32 Å². The zero-order chi connectivity index (χ0) is 15.1. The van der Waals surface area contributed by atoms with Gasteiger partial charge in [-0.3, -0.25) is 4.79 Å². The maximum Gasteiger partial charge on any atom is 0.275 e. The van der Waals surface area contributed by atoms with Crippen LogP contribution in [0.1, 0.15) is 5.56 Å². The molecule has 22 heavy (non-hydrogen) atoms. The summed E-state index contributed by atoms with van der Waals surface area (Å²) >= 11 is 6.13. The molecule has 0 spiro atoms. The number of carbonyl (C=O) groups is 1. The molecule has 1 heterocycles. The molecule has 3 aromatic carbocycles. The lowest BCUT2D eigenvalue weighted by atomic mass is 10.1. The molecule has 0 fully saturated rings. The summed E-state index contributed by atoms with van der Waals surface area (Å²) in [6, 6.07) is 19.3. The largest absolute Gasteiger partial charge is 0.319 e. The van der Waals surface area contributed by atoms with Crippen LogP contribution >= 0.6 is 11.6 Å². The van der Waals surface area contributed by atoms with Crippen LogP contribution in [-0.4, -0.2) is 11.6 Å². The third-order valence-corrected chi connectivity index (χ3v) is 4.04. The minimum absolute atomic E-state index is 0.226. The molecule has 3 aromatic rings. The number of anilines is 1. The highest BCUT2D eigenvalue weighted by atomic mass is 35.5. The van der Waals surface area contributed by atoms with E-state index in [1.165, 1.54) is 0 Å². The fraction of sp³-hybridized carbons (Fsp3) is 0. The topological polar surface area (TPSA) is 41.5 Å². The molecule has 1 N–H and O–H groups in total. The van der Waals surface area contributed by atoms with Crippen LogP contribution in [0.25, 0.3) is 10.8 Å². The summed E-state index contributed by atoms with van der Waals surface area (Å²) in [7, 11) is 0. The van der Waals surface area contributed by atoms with Crippen LogP contribution in [0.5, 0.6) is 0 Å².